The monoisotopic (exact) mass is 252 g/mol. The Morgan fingerprint density at radius 1 is 1.21 bits per heavy atom. The van der Waals surface area contributed by atoms with Gasteiger partial charge < -0.3 is 0 Å². The van der Waals surface area contributed by atoms with Crippen molar-refractivity contribution in [3.63, 3.8) is 0 Å². The highest BCUT2D eigenvalue weighted by Gasteiger charge is 2.07. The van der Waals surface area contributed by atoms with E-state index in [2.05, 4.69) is 31.5 Å². The smallest absolute Gasteiger partial charge is 0.0916 e. The Hall–Kier alpha value is -2.22. The predicted molar refractivity (Wildman–Crippen MR) is 83.3 cm³/mol. The van der Waals surface area contributed by atoms with Crippen molar-refractivity contribution in [1.82, 2.24) is 4.98 Å². The van der Waals surface area contributed by atoms with Gasteiger partial charge in [0.15, 0.2) is 0 Å². The fourth-order valence-electron chi connectivity index (χ4n) is 1.85. The Labute approximate surface area is 116 Å². The second kappa shape index (κ2) is 5.61. The number of aryl methyl sites for hydroxylation is 2. The predicted octanol–water partition coefficient (Wildman–Crippen LogP) is 4.64. The molecule has 0 aliphatic carbocycles. The third kappa shape index (κ3) is 3.16. The van der Waals surface area contributed by atoms with E-state index in [1.54, 1.807) is 6.20 Å². The van der Waals surface area contributed by atoms with Crippen molar-refractivity contribution in [1.29, 1.82) is 0 Å². The first-order chi connectivity index (χ1) is 9.08. The lowest BCUT2D eigenvalue weighted by atomic mass is 10.1. The lowest BCUT2D eigenvalue weighted by Gasteiger charge is -2.08. The SMILES string of the molecule is C=C(C)C(=Nc1ccccc1C)c1cc(C)ccn1.[HH]. The van der Waals surface area contributed by atoms with E-state index < -0.39 is 0 Å². The molecule has 0 radical (unpaired) electrons. The zero-order chi connectivity index (χ0) is 13.8. The molecule has 0 aliphatic rings. The van der Waals surface area contributed by atoms with Crippen LogP contribution in [0.3, 0.4) is 0 Å². The first kappa shape index (κ1) is 13.2. The summed E-state index contributed by atoms with van der Waals surface area (Å²) in [6, 6.07) is 12.1. The van der Waals surface area contributed by atoms with Crippen LogP contribution in [0, 0.1) is 13.8 Å². The average Bonchev–Trinajstić information content (AvgIpc) is 2.37. The number of pyridine rings is 1. The van der Waals surface area contributed by atoms with Gasteiger partial charge in [-0.1, -0.05) is 24.8 Å². The number of aromatic nitrogens is 1. The second-order valence-electron chi connectivity index (χ2n) is 4.75. The number of hydrogen-bond donors (Lipinski definition) is 0. The summed E-state index contributed by atoms with van der Waals surface area (Å²) in [5.74, 6) is 0. The summed E-state index contributed by atoms with van der Waals surface area (Å²) in [5.41, 5.74) is 5.91. The Morgan fingerprint density at radius 2 is 1.95 bits per heavy atom. The molecule has 1 heterocycles. The van der Waals surface area contributed by atoms with Crippen molar-refractivity contribution in [2.24, 2.45) is 4.99 Å². The van der Waals surface area contributed by atoms with Crippen molar-refractivity contribution in [2.75, 3.05) is 0 Å². The minimum atomic E-state index is 0. The summed E-state index contributed by atoms with van der Waals surface area (Å²) < 4.78 is 0. The standard InChI is InChI=1S/C17H18N2.H2/c1-12(2)17(16-11-13(3)9-10-18-16)19-15-8-6-5-7-14(15)4;/h5-11H,1H2,2-4H3;1H. The van der Waals surface area contributed by atoms with Crippen LogP contribution in [0.15, 0.2) is 59.7 Å². The molecule has 0 amide bonds. The van der Waals surface area contributed by atoms with Crippen molar-refractivity contribution in [2.45, 2.75) is 20.8 Å². The molecule has 1 aromatic heterocycles. The summed E-state index contributed by atoms with van der Waals surface area (Å²) in [7, 11) is 0. The summed E-state index contributed by atoms with van der Waals surface area (Å²) in [5, 5.41) is 0. The Kier molecular flexibility index (Phi) is 3.91. The van der Waals surface area contributed by atoms with Crippen LogP contribution in [0.2, 0.25) is 0 Å². The van der Waals surface area contributed by atoms with E-state index in [0.717, 1.165) is 28.2 Å². The molecule has 2 heteroatoms. The lowest BCUT2D eigenvalue weighted by molar-refractivity contribution is 1.24. The van der Waals surface area contributed by atoms with Crippen LogP contribution in [-0.4, -0.2) is 10.7 Å². The molecule has 0 atom stereocenters. The molecular weight excluding hydrogens is 232 g/mol. The second-order valence-corrected chi connectivity index (χ2v) is 4.75. The normalized spacial score (nSPS) is 11.4. The van der Waals surface area contributed by atoms with E-state index >= 15 is 0 Å². The number of hydrogen-bond acceptors (Lipinski definition) is 2. The first-order valence-electron chi connectivity index (χ1n) is 6.31. The average molecular weight is 252 g/mol. The number of para-hydroxylation sites is 1. The molecule has 0 unspecified atom stereocenters. The Morgan fingerprint density at radius 3 is 2.58 bits per heavy atom. The van der Waals surface area contributed by atoms with Gasteiger partial charge in [0, 0.05) is 7.62 Å². The van der Waals surface area contributed by atoms with Gasteiger partial charge in [-0.25, -0.2) is 4.99 Å². The van der Waals surface area contributed by atoms with Gasteiger partial charge in [0.25, 0.3) is 0 Å². The highest BCUT2D eigenvalue weighted by atomic mass is 14.8. The quantitative estimate of drug-likeness (QED) is 0.730. The summed E-state index contributed by atoms with van der Waals surface area (Å²) in [4.78, 5) is 9.12. The molecule has 2 rings (SSSR count). The maximum atomic E-state index is 4.72. The summed E-state index contributed by atoms with van der Waals surface area (Å²) in [6.07, 6.45) is 1.81. The van der Waals surface area contributed by atoms with E-state index in [1.165, 1.54) is 5.56 Å². The maximum Gasteiger partial charge on any atom is 0.0916 e. The third-order valence-electron chi connectivity index (χ3n) is 2.91. The molecule has 19 heavy (non-hydrogen) atoms. The molecule has 98 valence electrons. The van der Waals surface area contributed by atoms with Crippen molar-refractivity contribution in [3.05, 3.63) is 71.6 Å². The van der Waals surface area contributed by atoms with Gasteiger partial charge in [0.1, 0.15) is 0 Å². The van der Waals surface area contributed by atoms with E-state index in [0.29, 0.717) is 0 Å². The lowest BCUT2D eigenvalue weighted by Crippen LogP contribution is -2.04. The van der Waals surface area contributed by atoms with Crippen LogP contribution in [0.5, 0.6) is 0 Å². The zero-order valence-corrected chi connectivity index (χ0v) is 11.6. The molecule has 0 saturated carbocycles. The molecule has 2 nitrogen and oxygen atoms in total. The van der Waals surface area contributed by atoms with Gasteiger partial charge in [-0.15, -0.1) is 0 Å². The highest BCUT2D eigenvalue weighted by Crippen LogP contribution is 2.20. The van der Waals surface area contributed by atoms with Crippen molar-refractivity contribution < 1.29 is 1.43 Å². The van der Waals surface area contributed by atoms with E-state index in [9.17, 15) is 0 Å². The van der Waals surface area contributed by atoms with Crippen LogP contribution in [0.25, 0.3) is 0 Å². The van der Waals surface area contributed by atoms with Gasteiger partial charge in [0.2, 0.25) is 0 Å². The number of aliphatic imine (C=N–C) groups is 1. The Bertz CT molecular complexity index is 645. The topological polar surface area (TPSA) is 25.2 Å². The van der Waals surface area contributed by atoms with Crippen LogP contribution < -0.4 is 0 Å². The molecule has 0 bridgehead atoms. The van der Waals surface area contributed by atoms with Gasteiger partial charge in [-0.2, -0.15) is 0 Å². The van der Waals surface area contributed by atoms with Crippen LogP contribution in [-0.2, 0) is 0 Å². The highest BCUT2D eigenvalue weighted by molar-refractivity contribution is 6.11. The minimum absolute atomic E-state index is 0. The third-order valence-corrected chi connectivity index (χ3v) is 2.91. The molecule has 2 aromatic rings. The van der Waals surface area contributed by atoms with Crippen LogP contribution >= 0.6 is 0 Å². The van der Waals surface area contributed by atoms with Gasteiger partial charge in [-0.05, 0) is 55.7 Å². The number of allylic oxidation sites excluding steroid dienone is 1. The Balaban J connectivity index is 0.00000200. The number of nitrogens with zero attached hydrogens (tertiary/aromatic N) is 2. The number of benzene rings is 1. The largest absolute Gasteiger partial charge is 0.255 e. The van der Waals surface area contributed by atoms with Crippen LogP contribution in [0.1, 0.15) is 25.2 Å². The molecule has 0 fully saturated rings. The van der Waals surface area contributed by atoms with Gasteiger partial charge >= 0.3 is 0 Å². The maximum absolute atomic E-state index is 4.72. The molecular formula is C17H20N2. The van der Waals surface area contributed by atoms with Crippen molar-refractivity contribution in [3.8, 4) is 0 Å². The van der Waals surface area contributed by atoms with Gasteiger partial charge in [0.05, 0.1) is 17.1 Å². The number of rotatable bonds is 3. The van der Waals surface area contributed by atoms with E-state index in [4.69, 9.17) is 4.99 Å². The molecule has 0 aliphatic heterocycles. The van der Waals surface area contributed by atoms with E-state index in [-0.39, 0.29) is 1.43 Å². The minimum Gasteiger partial charge on any atom is -0.255 e. The fourth-order valence-corrected chi connectivity index (χ4v) is 1.85. The molecule has 0 N–H and O–H groups in total. The summed E-state index contributed by atoms with van der Waals surface area (Å²) in [6.45, 7) is 10.1. The zero-order valence-electron chi connectivity index (χ0n) is 11.6. The summed E-state index contributed by atoms with van der Waals surface area (Å²) >= 11 is 0. The first-order valence-corrected chi connectivity index (χ1v) is 6.31. The van der Waals surface area contributed by atoms with Crippen molar-refractivity contribution >= 4 is 11.4 Å². The van der Waals surface area contributed by atoms with E-state index in [1.807, 2.05) is 37.3 Å². The van der Waals surface area contributed by atoms with Gasteiger partial charge in [-0.3, -0.25) is 4.98 Å². The molecule has 0 saturated heterocycles. The fraction of sp³-hybridized carbons (Fsp3) is 0.176. The molecule has 1 aromatic carbocycles. The molecule has 0 spiro atoms. The van der Waals surface area contributed by atoms with Crippen LogP contribution in [0.4, 0.5) is 5.69 Å².